The van der Waals surface area contributed by atoms with E-state index >= 15 is 0 Å². The minimum atomic E-state index is 0.434. The first-order valence-electron chi connectivity index (χ1n) is 4.54. The first-order chi connectivity index (χ1) is 5.22. The zero-order valence-electron chi connectivity index (χ0n) is 6.95. The lowest BCUT2D eigenvalue weighted by Gasteiger charge is -2.56. The molecule has 2 nitrogen and oxygen atoms in total. The zero-order valence-corrected chi connectivity index (χ0v) is 6.95. The van der Waals surface area contributed by atoms with E-state index in [-0.39, 0.29) is 0 Å². The van der Waals surface area contributed by atoms with Crippen LogP contribution in [0.4, 0.5) is 0 Å². The van der Waals surface area contributed by atoms with Crippen molar-refractivity contribution in [1.82, 2.24) is 4.90 Å². The van der Waals surface area contributed by atoms with Gasteiger partial charge in [0.15, 0.2) is 0 Å². The SMILES string of the molecule is CC(C)N1C(=O)C2C3CC3C21. The molecule has 3 aliphatic rings. The summed E-state index contributed by atoms with van der Waals surface area (Å²) in [5.41, 5.74) is 0. The third-order valence-electron chi connectivity index (χ3n) is 3.58. The highest BCUT2D eigenvalue weighted by atomic mass is 16.2. The third-order valence-corrected chi connectivity index (χ3v) is 3.58. The van der Waals surface area contributed by atoms with Crippen molar-refractivity contribution < 1.29 is 4.79 Å². The van der Waals surface area contributed by atoms with Crippen molar-refractivity contribution in [2.75, 3.05) is 0 Å². The number of hydrogen-bond donors (Lipinski definition) is 0. The number of hydrogen-bond acceptors (Lipinski definition) is 1. The average molecular weight is 151 g/mol. The van der Waals surface area contributed by atoms with Crippen molar-refractivity contribution in [2.45, 2.75) is 32.4 Å². The molecular weight excluding hydrogens is 138 g/mol. The number of likely N-dealkylation sites (tertiary alicyclic amines) is 1. The van der Waals surface area contributed by atoms with Gasteiger partial charge in [-0.05, 0) is 32.1 Å². The fourth-order valence-corrected chi connectivity index (χ4v) is 2.96. The summed E-state index contributed by atoms with van der Waals surface area (Å²) in [6, 6.07) is 1.11. The molecule has 1 aliphatic heterocycles. The summed E-state index contributed by atoms with van der Waals surface area (Å²) >= 11 is 0. The summed E-state index contributed by atoms with van der Waals surface area (Å²) in [4.78, 5) is 13.5. The molecule has 4 atom stereocenters. The Labute approximate surface area is 66.6 Å². The molecule has 1 amide bonds. The van der Waals surface area contributed by atoms with Crippen LogP contribution in [0.1, 0.15) is 20.3 Å². The molecule has 0 bridgehead atoms. The van der Waals surface area contributed by atoms with Crippen molar-refractivity contribution in [3.63, 3.8) is 0 Å². The normalized spacial score (nSPS) is 51.2. The fourth-order valence-electron chi connectivity index (χ4n) is 2.96. The number of rotatable bonds is 1. The molecule has 0 radical (unpaired) electrons. The van der Waals surface area contributed by atoms with Crippen molar-refractivity contribution in [3.8, 4) is 0 Å². The van der Waals surface area contributed by atoms with Crippen molar-refractivity contribution in [3.05, 3.63) is 0 Å². The van der Waals surface area contributed by atoms with E-state index in [1.165, 1.54) is 6.42 Å². The van der Waals surface area contributed by atoms with E-state index in [1.807, 2.05) is 0 Å². The van der Waals surface area contributed by atoms with Gasteiger partial charge in [0.2, 0.25) is 5.91 Å². The van der Waals surface area contributed by atoms with Crippen LogP contribution in [0.3, 0.4) is 0 Å². The topological polar surface area (TPSA) is 20.3 Å². The molecule has 11 heavy (non-hydrogen) atoms. The molecule has 60 valence electrons. The Balaban J connectivity index is 1.84. The molecule has 0 spiro atoms. The molecule has 2 heteroatoms. The molecular formula is C9H13NO. The lowest BCUT2D eigenvalue weighted by atomic mass is 9.70. The van der Waals surface area contributed by atoms with Gasteiger partial charge in [-0.2, -0.15) is 0 Å². The van der Waals surface area contributed by atoms with Gasteiger partial charge < -0.3 is 4.90 Å². The highest BCUT2D eigenvalue weighted by Crippen LogP contribution is 2.67. The zero-order chi connectivity index (χ0) is 7.75. The number of nitrogens with zero attached hydrogens (tertiary/aromatic N) is 1. The monoisotopic (exact) mass is 151 g/mol. The number of piperidine rings is 1. The van der Waals surface area contributed by atoms with E-state index in [2.05, 4.69) is 18.7 Å². The number of carbonyl (C=O) groups is 1. The maximum atomic E-state index is 11.4. The average Bonchev–Trinajstić information content (AvgIpc) is 2.53. The number of carbonyl (C=O) groups excluding carboxylic acids is 1. The second-order valence-corrected chi connectivity index (χ2v) is 4.42. The summed E-state index contributed by atoms with van der Waals surface area (Å²) in [6.07, 6.45) is 1.34. The summed E-state index contributed by atoms with van der Waals surface area (Å²) < 4.78 is 0. The molecule has 0 aromatic heterocycles. The molecule has 2 saturated carbocycles. The van der Waals surface area contributed by atoms with Crippen LogP contribution >= 0.6 is 0 Å². The van der Waals surface area contributed by atoms with Gasteiger partial charge >= 0.3 is 0 Å². The molecule has 1 saturated heterocycles. The van der Waals surface area contributed by atoms with Crippen LogP contribution in [-0.4, -0.2) is 22.9 Å². The van der Waals surface area contributed by atoms with Crippen LogP contribution < -0.4 is 0 Å². The Morgan fingerprint density at radius 3 is 2.82 bits per heavy atom. The molecule has 3 rings (SSSR count). The van der Waals surface area contributed by atoms with E-state index in [0.717, 1.165) is 11.8 Å². The first kappa shape index (κ1) is 6.04. The Kier molecular flexibility index (Phi) is 0.809. The Morgan fingerprint density at radius 2 is 2.18 bits per heavy atom. The predicted octanol–water partition coefficient (Wildman–Crippen LogP) is 0.871. The quantitative estimate of drug-likeness (QED) is 0.509. The maximum absolute atomic E-state index is 11.4. The van der Waals surface area contributed by atoms with Crippen LogP contribution in [0, 0.1) is 17.8 Å². The van der Waals surface area contributed by atoms with Crippen LogP contribution in [-0.2, 0) is 4.79 Å². The molecule has 0 aromatic carbocycles. The standard InChI is InChI=1S/C9H13NO/c1-4(2)10-8-6-3-5(6)7(8)9(10)11/h4-8H,3H2,1-2H3. The molecule has 0 aromatic rings. The fraction of sp³-hybridized carbons (Fsp3) is 0.889. The van der Waals surface area contributed by atoms with E-state index in [9.17, 15) is 4.79 Å². The largest absolute Gasteiger partial charge is 0.336 e. The van der Waals surface area contributed by atoms with Gasteiger partial charge in [0.1, 0.15) is 0 Å². The molecule has 0 N–H and O–H groups in total. The second kappa shape index (κ2) is 1.47. The highest BCUT2D eigenvalue weighted by molar-refractivity contribution is 5.89. The summed E-state index contributed by atoms with van der Waals surface area (Å²) in [7, 11) is 0. The first-order valence-corrected chi connectivity index (χ1v) is 4.54. The van der Waals surface area contributed by atoms with Gasteiger partial charge in [-0.3, -0.25) is 4.79 Å². The van der Waals surface area contributed by atoms with Gasteiger partial charge in [-0.1, -0.05) is 0 Å². The van der Waals surface area contributed by atoms with Crippen molar-refractivity contribution >= 4 is 5.91 Å². The van der Waals surface area contributed by atoms with Gasteiger partial charge in [-0.15, -0.1) is 0 Å². The van der Waals surface area contributed by atoms with E-state index in [1.54, 1.807) is 0 Å². The second-order valence-electron chi connectivity index (χ2n) is 4.42. The van der Waals surface area contributed by atoms with Crippen LogP contribution in [0.15, 0.2) is 0 Å². The van der Waals surface area contributed by atoms with Gasteiger partial charge in [0.05, 0.1) is 5.92 Å². The van der Waals surface area contributed by atoms with Crippen LogP contribution in [0.25, 0.3) is 0 Å². The predicted molar refractivity (Wildman–Crippen MR) is 40.9 cm³/mol. The van der Waals surface area contributed by atoms with Gasteiger partial charge in [-0.25, -0.2) is 0 Å². The van der Waals surface area contributed by atoms with Crippen molar-refractivity contribution in [1.29, 1.82) is 0 Å². The number of fused-ring (bicyclic) bond motifs is 4. The van der Waals surface area contributed by atoms with E-state index < -0.39 is 0 Å². The van der Waals surface area contributed by atoms with E-state index in [0.29, 0.717) is 23.9 Å². The van der Waals surface area contributed by atoms with Gasteiger partial charge in [0.25, 0.3) is 0 Å². The summed E-state index contributed by atoms with van der Waals surface area (Å²) in [6.45, 7) is 4.23. The van der Waals surface area contributed by atoms with Crippen LogP contribution in [0.2, 0.25) is 0 Å². The summed E-state index contributed by atoms with van der Waals surface area (Å²) in [5.74, 6) is 2.65. The smallest absolute Gasteiger partial charge is 0.228 e. The maximum Gasteiger partial charge on any atom is 0.228 e. The third kappa shape index (κ3) is 0.472. The minimum absolute atomic E-state index is 0.434. The molecule has 3 fully saturated rings. The Bertz CT molecular complexity index is 236. The van der Waals surface area contributed by atoms with Crippen LogP contribution in [0.5, 0.6) is 0 Å². The molecule has 1 heterocycles. The Hall–Kier alpha value is -0.530. The molecule has 2 aliphatic carbocycles. The minimum Gasteiger partial charge on any atom is -0.336 e. The molecule has 4 unspecified atom stereocenters. The highest BCUT2D eigenvalue weighted by Gasteiger charge is 2.73. The number of β-lactam (4-membered cyclic amide) rings is 1. The number of amides is 1. The van der Waals surface area contributed by atoms with Crippen molar-refractivity contribution in [2.24, 2.45) is 17.8 Å². The lowest BCUT2D eigenvalue weighted by molar-refractivity contribution is -0.173. The Morgan fingerprint density at radius 1 is 1.45 bits per heavy atom. The van der Waals surface area contributed by atoms with Gasteiger partial charge in [0, 0.05) is 12.1 Å². The van der Waals surface area contributed by atoms with E-state index in [4.69, 9.17) is 0 Å². The summed E-state index contributed by atoms with van der Waals surface area (Å²) in [5, 5.41) is 0. The lowest BCUT2D eigenvalue weighted by Crippen LogP contribution is -2.69.